The zero-order chi connectivity index (χ0) is 27.2. The number of hydrogen-bond donors (Lipinski definition) is 2. The van der Waals surface area contributed by atoms with Gasteiger partial charge in [-0.2, -0.15) is 5.10 Å². The van der Waals surface area contributed by atoms with Gasteiger partial charge in [-0.1, -0.05) is 30.4 Å². The number of hydrazone groups is 1. The highest BCUT2D eigenvalue weighted by Crippen LogP contribution is 2.27. The maximum Gasteiger partial charge on any atom is 0.148 e. The van der Waals surface area contributed by atoms with E-state index in [2.05, 4.69) is 64.6 Å². The average molecular weight is 518 g/mol. The number of rotatable bonds is 12. The van der Waals surface area contributed by atoms with Gasteiger partial charge < -0.3 is 10.3 Å². The van der Waals surface area contributed by atoms with Crippen molar-refractivity contribution in [1.29, 1.82) is 0 Å². The molecule has 196 valence electrons. The first-order valence-corrected chi connectivity index (χ1v) is 13.4. The van der Waals surface area contributed by atoms with E-state index in [0.717, 1.165) is 46.3 Å². The third kappa shape index (κ3) is 9.06. The van der Waals surface area contributed by atoms with E-state index in [1.807, 2.05) is 64.2 Å². The number of nitrogens with one attached hydrogen (secondary N) is 2. The number of amidine groups is 1. The second kappa shape index (κ2) is 15.5. The number of aromatic amines is 1. The van der Waals surface area contributed by atoms with Crippen LogP contribution in [0.2, 0.25) is 0 Å². The summed E-state index contributed by atoms with van der Waals surface area (Å²) in [6, 6.07) is 5.97. The highest BCUT2D eigenvalue weighted by atomic mass is 32.2. The zero-order valence-corrected chi connectivity index (χ0v) is 23.9. The van der Waals surface area contributed by atoms with Gasteiger partial charge in [-0.3, -0.25) is 9.98 Å². The van der Waals surface area contributed by atoms with Gasteiger partial charge in [-0.05, 0) is 77.2 Å². The molecule has 0 aromatic carbocycles. The molecule has 2 aromatic rings. The van der Waals surface area contributed by atoms with Crippen LogP contribution in [0.15, 0.2) is 81.6 Å². The molecule has 2 N–H and O–H groups in total. The topological polar surface area (TPSA) is 81.6 Å². The summed E-state index contributed by atoms with van der Waals surface area (Å²) in [7, 11) is 1.73. The van der Waals surface area contributed by atoms with E-state index in [1.165, 1.54) is 4.91 Å². The van der Waals surface area contributed by atoms with Gasteiger partial charge in [0.15, 0.2) is 0 Å². The van der Waals surface area contributed by atoms with Gasteiger partial charge in [-0.15, -0.1) is 11.8 Å². The summed E-state index contributed by atoms with van der Waals surface area (Å²) >= 11 is 1.73. The first-order valence-electron chi connectivity index (χ1n) is 12.2. The van der Waals surface area contributed by atoms with Crippen LogP contribution in [0, 0.1) is 6.92 Å². The molecule has 0 radical (unpaired) electrons. The Morgan fingerprint density at radius 3 is 2.62 bits per heavy atom. The van der Waals surface area contributed by atoms with E-state index in [9.17, 15) is 0 Å². The van der Waals surface area contributed by atoms with Crippen LogP contribution in [-0.4, -0.2) is 45.8 Å². The number of imidazole rings is 1. The molecule has 0 aliphatic rings. The summed E-state index contributed by atoms with van der Waals surface area (Å²) in [5, 5.41) is 9.25. The molecule has 8 heteroatoms. The number of aromatic nitrogens is 3. The van der Waals surface area contributed by atoms with Crippen LogP contribution >= 0.6 is 11.8 Å². The van der Waals surface area contributed by atoms with Gasteiger partial charge in [0, 0.05) is 36.3 Å². The summed E-state index contributed by atoms with van der Waals surface area (Å²) < 4.78 is 0. The minimum absolute atomic E-state index is 0.550. The number of thioether (sulfide) groups is 1. The number of allylic oxidation sites excluding steroid dienone is 7. The predicted molar refractivity (Wildman–Crippen MR) is 161 cm³/mol. The van der Waals surface area contributed by atoms with Crippen molar-refractivity contribution < 1.29 is 0 Å². The Balaban J connectivity index is 2.41. The fourth-order valence-corrected chi connectivity index (χ4v) is 4.05. The Morgan fingerprint density at radius 2 is 2.00 bits per heavy atom. The molecule has 0 unspecified atom stereocenters. The maximum atomic E-state index is 4.94. The molecule has 2 rings (SSSR count). The Labute approximate surface area is 226 Å². The lowest BCUT2D eigenvalue weighted by atomic mass is 10.1. The van der Waals surface area contributed by atoms with Crippen LogP contribution in [0.25, 0.3) is 17.0 Å². The highest BCUT2D eigenvalue weighted by Gasteiger charge is 2.16. The van der Waals surface area contributed by atoms with Gasteiger partial charge in [0.1, 0.15) is 11.7 Å². The molecular weight excluding hydrogens is 478 g/mol. The third-order valence-corrected chi connectivity index (χ3v) is 6.09. The largest absolute Gasteiger partial charge is 0.381 e. The van der Waals surface area contributed by atoms with E-state index >= 15 is 0 Å². The molecule has 0 fully saturated rings. The van der Waals surface area contributed by atoms with Crippen molar-refractivity contribution in [2.75, 3.05) is 13.3 Å². The lowest BCUT2D eigenvalue weighted by Crippen LogP contribution is -2.18. The molecule has 7 nitrogen and oxygen atoms in total. The first kappa shape index (κ1) is 29.6. The normalized spacial score (nSPS) is 13.6. The van der Waals surface area contributed by atoms with E-state index in [-0.39, 0.29) is 0 Å². The number of aliphatic imine (C=N–C) groups is 1. The van der Waals surface area contributed by atoms with Gasteiger partial charge in [0.2, 0.25) is 0 Å². The minimum atomic E-state index is 0.550. The standard InChI is InChI=1S/C29H39N7S/c1-9-11-12-16-24(37-8)18-23(5)32-19-26-34-28(29(35-26)25-17-13-15-22(4)33-25)21(3)20-36(31-7)27(30-6)14-10-2/h9-11,13-18,20,32H,7,12,19H2,1-6,8H3,(H,34,35)/b11-9-,14-10-,21-20+,23-18+,24-16+,30-27?. The number of nitrogens with zero attached hydrogens (tertiary/aromatic N) is 5. The number of pyridine rings is 1. The third-order valence-electron chi connectivity index (χ3n) is 5.34. The monoisotopic (exact) mass is 517 g/mol. The van der Waals surface area contributed by atoms with Crippen LogP contribution in [0.4, 0.5) is 0 Å². The van der Waals surface area contributed by atoms with Gasteiger partial charge in [-0.25, -0.2) is 9.99 Å². The van der Waals surface area contributed by atoms with Crippen molar-refractivity contribution >= 4 is 29.9 Å². The average Bonchev–Trinajstić information content (AvgIpc) is 3.33. The quantitative estimate of drug-likeness (QED) is 0.106. The number of hydrogen-bond acceptors (Lipinski definition) is 6. The van der Waals surface area contributed by atoms with Crippen LogP contribution in [0.5, 0.6) is 0 Å². The van der Waals surface area contributed by atoms with Crippen LogP contribution < -0.4 is 5.32 Å². The molecule has 37 heavy (non-hydrogen) atoms. The lowest BCUT2D eigenvalue weighted by Gasteiger charge is -2.14. The number of H-pyrrole nitrogens is 1. The van der Waals surface area contributed by atoms with Crippen molar-refractivity contribution in [3.63, 3.8) is 0 Å². The van der Waals surface area contributed by atoms with Crippen molar-refractivity contribution in [1.82, 2.24) is 25.3 Å². The molecule has 0 saturated carbocycles. The summed E-state index contributed by atoms with van der Waals surface area (Å²) in [6.07, 6.45) is 17.3. The fraction of sp³-hybridized carbons (Fsp3) is 0.310. The SMILES string of the molecule is C=NN(/C=C(\C)c1nc(CN/C(C)=C/C(=C\C/C=C\C)SC)[nH]c1-c1cccc(C)n1)C(/C=C\C)=NC. The van der Waals surface area contributed by atoms with Crippen LogP contribution in [-0.2, 0) is 6.54 Å². The molecule has 0 bridgehead atoms. The van der Waals surface area contributed by atoms with Gasteiger partial charge >= 0.3 is 0 Å². The van der Waals surface area contributed by atoms with Crippen molar-refractivity contribution in [3.8, 4) is 11.4 Å². The maximum absolute atomic E-state index is 4.94. The van der Waals surface area contributed by atoms with Crippen LogP contribution in [0.3, 0.4) is 0 Å². The fourth-order valence-electron chi connectivity index (χ4n) is 3.49. The summed E-state index contributed by atoms with van der Waals surface area (Å²) in [4.78, 5) is 18.7. The van der Waals surface area contributed by atoms with Gasteiger partial charge in [0.05, 0.1) is 23.6 Å². The second-order valence-electron chi connectivity index (χ2n) is 8.25. The summed E-state index contributed by atoms with van der Waals surface area (Å²) in [5.74, 6) is 1.49. The molecular formula is C29H39N7S. The highest BCUT2D eigenvalue weighted by molar-refractivity contribution is 8.02. The molecule has 0 amide bonds. The van der Waals surface area contributed by atoms with Crippen molar-refractivity contribution in [2.45, 2.75) is 47.6 Å². The number of aryl methyl sites for hydroxylation is 1. The molecule has 0 aliphatic carbocycles. The van der Waals surface area contributed by atoms with E-state index in [1.54, 1.807) is 23.8 Å². The molecule has 0 aliphatic heterocycles. The zero-order valence-electron chi connectivity index (χ0n) is 23.0. The van der Waals surface area contributed by atoms with Gasteiger partial charge in [0.25, 0.3) is 0 Å². The first-order chi connectivity index (χ1) is 17.9. The molecule has 2 aromatic heterocycles. The van der Waals surface area contributed by atoms with E-state index in [0.29, 0.717) is 12.4 Å². The Hall–Kier alpha value is -3.65. The van der Waals surface area contributed by atoms with Crippen molar-refractivity contribution in [2.24, 2.45) is 10.1 Å². The summed E-state index contributed by atoms with van der Waals surface area (Å²) in [6.45, 7) is 14.3. The van der Waals surface area contributed by atoms with E-state index in [4.69, 9.17) is 9.97 Å². The predicted octanol–water partition coefficient (Wildman–Crippen LogP) is 6.87. The molecule has 2 heterocycles. The minimum Gasteiger partial charge on any atom is -0.381 e. The Bertz CT molecular complexity index is 1230. The molecule has 0 spiro atoms. The summed E-state index contributed by atoms with van der Waals surface area (Å²) in [5.41, 5.74) is 5.41. The lowest BCUT2D eigenvalue weighted by molar-refractivity contribution is 0.611. The molecule has 0 saturated heterocycles. The Morgan fingerprint density at radius 1 is 1.22 bits per heavy atom. The molecule has 0 atom stereocenters. The smallest absolute Gasteiger partial charge is 0.148 e. The Kier molecular flexibility index (Phi) is 12.4. The van der Waals surface area contributed by atoms with Crippen LogP contribution in [0.1, 0.15) is 51.3 Å². The van der Waals surface area contributed by atoms with E-state index < -0.39 is 0 Å². The van der Waals surface area contributed by atoms with Crippen molar-refractivity contribution in [3.05, 3.63) is 88.7 Å². The second-order valence-corrected chi connectivity index (χ2v) is 9.13.